The fourth-order valence-electron chi connectivity index (χ4n) is 5.90. The Labute approximate surface area is 211 Å². The molecule has 2 aromatic carbocycles. The van der Waals surface area contributed by atoms with E-state index in [1.807, 2.05) is 29.2 Å². The van der Waals surface area contributed by atoms with Crippen LogP contribution in [0.5, 0.6) is 5.75 Å². The summed E-state index contributed by atoms with van der Waals surface area (Å²) in [6.45, 7) is 5.00. The fraction of sp³-hybridized carbons (Fsp3) is 0.414. The smallest absolute Gasteiger partial charge is 0.270 e. The van der Waals surface area contributed by atoms with E-state index in [2.05, 4.69) is 45.3 Å². The Morgan fingerprint density at radius 1 is 1.08 bits per heavy atom. The van der Waals surface area contributed by atoms with Crippen molar-refractivity contribution in [1.29, 1.82) is 0 Å². The molecule has 2 fully saturated rings. The van der Waals surface area contributed by atoms with Crippen LogP contribution in [0.4, 0.5) is 0 Å². The summed E-state index contributed by atoms with van der Waals surface area (Å²) < 4.78 is 11.1. The molecule has 7 nitrogen and oxygen atoms in total. The molecule has 0 saturated carbocycles. The number of amides is 1. The van der Waals surface area contributed by atoms with Crippen LogP contribution in [0.3, 0.4) is 0 Å². The van der Waals surface area contributed by atoms with E-state index in [1.54, 1.807) is 7.11 Å². The highest BCUT2D eigenvalue weighted by Crippen LogP contribution is 2.33. The normalized spacial score (nSPS) is 19.8. The molecule has 7 heteroatoms. The average molecular weight is 487 g/mol. The van der Waals surface area contributed by atoms with Gasteiger partial charge in [-0.15, -0.1) is 0 Å². The van der Waals surface area contributed by atoms with Gasteiger partial charge in [-0.25, -0.2) is 0 Å². The van der Waals surface area contributed by atoms with Crippen LogP contribution < -0.4 is 4.74 Å². The number of carbonyl (C=O) groups excluding carboxylic acids is 1. The lowest BCUT2D eigenvalue weighted by Crippen LogP contribution is -2.50. The number of methoxy groups -OCH3 is 1. The Bertz CT molecular complexity index is 1350. The zero-order valence-corrected chi connectivity index (χ0v) is 20.8. The van der Waals surface area contributed by atoms with Crippen LogP contribution in [-0.2, 0) is 4.74 Å². The molecular weight excluding hydrogens is 452 g/mol. The van der Waals surface area contributed by atoms with Crippen LogP contribution in [0.25, 0.3) is 21.8 Å². The van der Waals surface area contributed by atoms with E-state index in [4.69, 9.17) is 9.47 Å². The number of H-pyrrole nitrogens is 2. The third-order valence-electron chi connectivity index (χ3n) is 7.98. The summed E-state index contributed by atoms with van der Waals surface area (Å²) in [5.41, 5.74) is 4.23. The van der Waals surface area contributed by atoms with Crippen LogP contribution in [0, 0.1) is 0 Å². The van der Waals surface area contributed by atoms with Gasteiger partial charge >= 0.3 is 0 Å². The number of aromatic amines is 2. The van der Waals surface area contributed by atoms with Gasteiger partial charge in [-0.3, -0.25) is 4.79 Å². The highest BCUT2D eigenvalue weighted by atomic mass is 16.5. The molecule has 188 valence electrons. The first kappa shape index (κ1) is 23.1. The number of aromatic nitrogens is 2. The van der Waals surface area contributed by atoms with Crippen molar-refractivity contribution >= 4 is 27.7 Å². The molecule has 0 bridgehead atoms. The molecule has 2 aliphatic heterocycles. The van der Waals surface area contributed by atoms with Crippen LogP contribution in [0.1, 0.15) is 41.2 Å². The summed E-state index contributed by atoms with van der Waals surface area (Å²) >= 11 is 0. The van der Waals surface area contributed by atoms with E-state index in [1.165, 1.54) is 29.3 Å². The molecule has 0 aliphatic carbocycles. The van der Waals surface area contributed by atoms with Gasteiger partial charge in [-0.05, 0) is 68.1 Å². The molecule has 1 unspecified atom stereocenters. The number of hydrogen-bond donors (Lipinski definition) is 2. The lowest BCUT2D eigenvalue weighted by Gasteiger charge is -2.38. The SMILES string of the molecule is COc1ccc2cc(C(=O)N3CCOCC3CCN3CCC(c4c[nH]c5ccccc45)CC3)[nH]c2c1. The molecule has 2 aromatic heterocycles. The summed E-state index contributed by atoms with van der Waals surface area (Å²) in [4.78, 5) is 24.7. The Kier molecular flexibility index (Phi) is 6.42. The maximum Gasteiger partial charge on any atom is 0.270 e. The van der Waals surface area contributed by atoms with Gasteiger partial charge in [0.2, 0.25) is 0 Å². The Balaban J connectivity index is 1.07. The molecule has 0 spiro atoms. The average Bonchev–Trinajstić information content (AvgIpc) is 3.56. The Hall–Kier alpha value is -3.29. The summed E-state index contributed by atoms with van der Waals surface area (Å²) in [6, 6.07) is 16.5. The number of ether oxygens (including phenoxy) is 2. The molecule has 0 radical (unpaired) electrons. The van der Waals surface area contributed by atoms with Gasteiger partial charge in [0.05, 0.1) is 26.4 Å². The number of hydrogen-bond acceptors (Lipinski definition) is 4. The highest BCUT2D eigenvalue weighted by Gasteiger charge is 2.30. The molecule has 6 rings (SSSR count). The monoisotopic (exact) mass is 486 g/mol. The molecule has 2 saturated heterocycles. The standard InChI is InChI=1S/C29H34N4O3/c1-35-23-7-6-21-16-28(31-27(21)17-23)29(34)33-14-15-36-19-22(33)10-13-32-11-8-20(9-12-32)25-18-30-26-5-3-2-4-24(25)26/h2-7,16-18,20,22,30-31H,8-15,19H2,1H3. The predicted octanol–water partition coefficient (Wildman–Crippen LogP) is 4.77. The van der Waals surface area contributed by atoms with Gasteiger partial charge in [-0.1, -0.05) is 18.2 Å². The maximum atomic E-state index is 13.5. The second-order valence-electron chi connectivity index (χ2n) is 10.1. The quantitative estimate of drug-likeness (QED) is 0.412. The number of nitrogens with one attached hydrogen (secondary N) is 2. The summed E-state index contributed by atoms with van der Waals surface area (Å²) in [5.74, 6) is 1.44. The van der Waals surface area contributed by atoms with Crippen molar-refractivity contribution in [3.05, 3.63) is 66.0 Å². The molecule has 2 N–H and O–H groups in total. The highest BCUT2D eigenvalue weighted by molar-refractivity contribution is 5.98. The lowest BCUT2D eigenvalue weighted by atomic mass is 9.89. The van der Waals surface area contributed by atoms with Crippen molar-refractivity contribution in [2.75, 3.05) is 46.5 Å². The zero-order chi connectivity index (χ0) is 24.5. The van der Waals surface area contributed by atoms with E-state index >= 15 is 0 Å². The minimum absolute atomic E-state index is 0.0523. The number of carbonyl (C=O) groups is 1. The van der Waals surface area contributed by atoms with Gasteiger partial charge < -0.3 is 29.2 Å². The van der Waals surface area contributed by atoms with Crippen molar-refractivity contribution < 1.29 is 14.3 Å². The number of para-hydroxylation sites is 1. The van der Waals surface area contributed by atoms with Crippen molar-refractivity contribution in [1.82, 2.24) is 19.8 Å². The summed E-state index contributed by atoms with van der Waals surface area (Å²) in [6.07, 6.45) is 5.47. The minimum Gasteiger partial charge on any atom is -0.497 e. The number of piperidine rings is 1. The topological polar surface area (TPSA) is 73.6 Å². The number of likely N-dealkylation sites (tertiary alicyclic amines) is 1. The van der Waals surface area contributed by atoms with Crippen molar-refractivity contribution in [2.24, 2.45) is 0 Å². The number of benzene rings is 2. The van der Waals surface area contributed by atoms with Crippen LogP contribution in [0.15, 0.2) is 54.7 Å². The third-order valence-corrected chi connectivity index (χ3v) is 7.98. The molecule has 2 aliphatic rings. The first-order valence-corrected chi connectivity index (χ1v) is 13.0. The first-order chi connectivity index (χ1) is 17.7. The van der Waals surface area contributed by atoms with Crippen molar-refractivity contribution in [3.8, 4) is 5.75 Å². The largest absolute Gasteiger partial charge is 0.497 e. The van der Waals surface area contributed by atoms with Crippen LogP contribution >= 0.6 is 0 Å². The third kappa shape index (κ3) is 4.49. The molecule has 1 amide bonds. The van der Waals surface area contributed by atoms with E-state index in [0.29, 0.717) is 31.4 Å². The second kappa shape index (κ2) is 9.99. The van der Waals surface area contributed by atoms with Crippen LogP contribution in [0.2, 0.25) is 0 Å². The van der Waals surface area contributed by atoms with Gasteiger partial charge in [0.25, 0.3) is 5.91 Å². The van der Waals surface area contributed by atoms with Gasteiger partial charge in [0.1, 0.15) is 11.4 Å². The van der Waals surface area contributed by atoms with Crippen LogP contribution in [-0.4, -0.2) is 78.2 Å². The Morgan fingerprint density at radius 2 is 1.94 bits per heavy atom. The van der Waals surface area contributed by atoms with Gasteiger partial charge in [0.15, 0.2) is 0 Å². The van der Waals surface area contributed by atoms with Crippen molar-refractivity contribution in [3.63, 3.8) is 0 Å². The predicted molar refractivity (Wildman–Crippen MR) is 142 cm³/mol. The maximum absolute atomic E-state index is 13.5. The second-order valence-corrected chi connectivity index (χ2v) is 10.1. The lowest BCUT2D eigenvalue weighted by molar-refractivity contribution is -0.00749. The molecule has 1 atom stereocenters. The summed E-state index contributed by atoms with van der Waals surface area (Å²) in [7, 11) is 1.65. The van der Waals surface area contributed by atoms with Crippen molar-refractivity contribution in [2.45, 2.75) is 31.2 Å². The molecule has 36 heavy (non-hydrogen) atoms. The molecule has 4 heterocycles. The minimum atomic E-state index is 0.0523. The zero-order valence-electron chi connectivity index (χ0n) is 20.8. The number of morpholine rings is 1. The summed E-state index contributed by atoms with van der Waals surface area (Å²) in [5, 5.41) is 2.38. The molecular formula is C29H34N4O3. The van der Waals surface area contributed by atoms with E-state index in [9.17, 15) is 4.79 Å². The van der Waals surface area contributed by atoms with Gasteiger partial charge in [0, 0.05) is 47.2 Å². The van der Waals surface area contributed by atoms with E-state index < -0.39 is 0 Å². The number of nitrogens with zero attached hydrogens (tertiary/aromatic N) is 2. The molecule has 4 aromatic rings. The first-order valence-electron chi connectivity index (χ1n) is 13.0. The number of rotatable bonds is 6. The fourth-order valence-corrected chi connectivity index (χ4v) is 5.90. The van der Waals surface area contributed by atoms with E-state index in [-0.39, 0.29) is 11.9 Å². The van der Waals surface area contributed by atoms with E-state index in [0.717, 1.165) is 42.7 Å². The Morgan fingerprint density at radius 3 is 2.81 bits per heavy atom. The number of fused-ring (bicyclic) bond motifs is 2. The van der Waals surface area contributed by atoms with Gasteiger partial charge in [-0.2, -0.15) is 0 Å².